The molecule has 0 radical (unpaired) electrons. The van der Waals surface area contributed by atoms with E-state index >= 15 is 0 Å². The van der Waals surface area contributed by atoms with E-state index in [1.165, 1.54) is 36.4 Å². The molecule has 0 fully saturated rings. The second kappa shape index (κ2) is 9.58. The van der Waals surface area contributed by atoms with Gasteiger partial charge in [-0.2, -0.15) is 0 Å². The van der Waals surface area contributed by atoms with Gasteiger partial charge in [0.2, 0.25) is 0 Å². The van der Waals surface area contributed by atoms with Gasteiger partial charge in [-0.15, -0.1) is 0 Å². The molecule has 4 rings (SSSR count). The summed E-state index contributed by atoms with van der Waals surface area (Å²) in [6.07, 6.45) is 0. The second-order valence-corrected chi connectivity index (χ2v) is 7.03. The molecule has 0 aliphatic heterocycles. The van der Waals surface area contributed by atoms with E-state index in [0.717, 1.165) is 24.3 Å². The number of hydrogen-bond donors (Lipinski definition) is 0. The molecule has 0 saturated heterocycles. The van der Waals surface area contributed by atoms with Crippen molar-refractivity contribution in [3.8, 4) is 22.6 Å². The maximum Gasteiger partial charge on any atom is 0.346 e. The smallest absolute Gasteiger partial charge is 0.346 e. The Bertz CT molecular complexity index is 1260. The predicted molar refractivity (Wildman–Crippen MR) is 115 cm³/mol. The first-order valence-corrected chi connectivity index (χ1v) is 9.86. The molecule has 4 nitrogen and oxygen atoms in total. The molecule has 0 unspecified atom stereocenters. The number of benzene rings is 4. The molecular formula is C26H14F4O4. The largest absolute Gasteiger partial charge is 0.423 e. The molecule has 0 N–H and O–H groups in total. The molecule has 0 bridgehead atoms. The summed E-state index contributed by atoms with van der Waals surface area (Å²) in [6, 6.07) is 18.9. The molecular weight excluding hydrogens is 452 g/mol. The normalized spacial score (nSPS) is 10.6. The van der Waals surface area contributed by atoms with Crippen molar-refractivity contribution in [2.45, 2.75) is 0 Å². The fourth-order valence-corrected chi connectivity index (χ4v) is 3.08. The highest BCUT2D eigenvalue weighted by Crippen LogP contribution is 2.26. The van der Waals surface area contributed by atoms with E-state index in [1.807, 2.05) is 0 Å². The van der Waals surface area contributed by atoms with E-state index in [-0.39, 0.29) is 11.5 Å². The maximum atomic E-state index is 13.7. The Kier molecular flexibility index (Phi) is 6.40. The third kappa shape index (κ3) is 4.80. The fraction of sp³-hybridized carbons (Fsp3) is 0. The number of esters is 2. The quantitative estimate of drug-likeness (QED) is 0.195. The molecule has 4 aromatic carbocycles. The monoisotopic (exact) mass is 466 g/mol. The summed E-state index contributed by atoms with van der Waals surface area (Å²) >= 11 is 0. The van der Waals surface area contributed by atoms with Gasteiger partial charge in [0.05, 0.1) is 11.1 Å². The SMILES string of the molecule is O=C(Oc1ccc(-c2ccc(OC(=O)c3cccc(F)c3F)cc2)cc1)c1cccc(F)c1F. The number of carbonyl (C=O) groups excluding carboxylic acids is 2. The van der Waals surface area contributed by atoms with Crippen LogP contribution in [0.5, 0.6) is 11.5 Å². The van der Waals surface area contributed by atoms with Crippen molar-refractivity contribution in [3.05, 3.63) is 119 Å². The van der Waals surface area contributed by atoms with Gasteiger partial charge in [0.25, 0.3) is 0 Å². The van der Waals surface area contributed by atoms with Crippen LogP contribution in [0.2, 0.25) is 0 Å². The first-order valence-electron chi connectivity index (χ1n) is 9.86. The lowest BCUT2D eigenvalue weighted by molar-refractivity contribution is 0.0719. The van der Waals surface area contributed by atoms with E-state index in [1.54, 1.807) is 24.3 Å². The van der Waals surface area contributed by atoms with Gasteiger partial charge >= 0.3 is 11.9 Å². The van der Waals surface area contributed by atoms with Gasteiger partial charge in [-0.3, -0.25) is 0 Å². The summed E-state index contributed by atoms with van der Waals surface area (Å²) in [6.45, 7) is 0. The first-order chi connectivity index (χ1) is 16.3. The summed E-state index contributed by atoms with van der Waals surface area (Å²) in [5.41, 5.74) is 0.385. The van der Waals surface area contributed by atoms with E-state index < -0.39 is 46.3 Å². The number of hydrogen-bond acceptors (Lipinski definition) is 4. The van der Waals surface area contributed by atoms with Crippen LogP contribution in [0.25, 0.3) is 11.1 Å². The van der Waals surface area contributed by atoms with Crippen molar-refractivity contribution in [3.63, 3.8) is 0 Å². The van der Waals surface area contributed by atoms with E-state index in [2.05, 4.69) is 0 Å². The number of halogens is 4. The molecule has 0 aliphatic rings. The molecule has 170 valence electrons. The Morgan fingerprint density at radius 1 is 0.500 bits per heavy atom. The molecule has 0 aromatic heterocycles. The van der Waals surface area contributed by atoms with E-state index in [4.69, 9.17) is 9.47 Å². The Morgan fingerprint density at radius 2 is 0.853 bits per heavy atom. The molecule has 8 heteroatoms. The number of carbonyl (C=O) groups is 2. The lowest BCUT2D eigenvalue weighted by Crippen LogP contribution is -2.11. The molecule has 0 heterocycles. The summed E-state index contributed by atoms with van der Waals surface area (Å²) in [4.78, 5) is 24.2. The molecule has 34 heavy (non-hydrogen) atoms. The fourth-order valence-electron chi connectivity index (χ4n) is 3.08. The molecule has 4 aromatic rings. The zero-order valence-electron chi connectivity index (χ0n) is 17.2. The lowest BCUT2D eigenvalue weighted by atomic mass is 10.1. The van der Waals surface area contributed by atoms with Crippen LogP contribution >= 0.6 is 0 Å². The van der Waals surface area contributed by atoms with Crippen LogP contribution in [0.3, 0.4) is 0 Å². The van der Waals surface area contributed by atoms with Crippen LogP contribution in [0.15, 0.2) is 84.9 Å². The van der Waals surface area contributed by atoms with Crippen molar-refractivity contribution >= 4 is 11.9 Å². The Hall–Kier alpha value is -4.46. The standard InChI is InChI=1S/C26H14F4O4/c27-21-5-1-3-19(23(21)29)25(31)33-17-11-7-15(8-12-17)16-9-13-18(14-10-16)34-26(32)20-4-2-6-22(28)24(20)30/h1-14H. The van der Waals surface area contributed by atoms with Gasteiger partial charge in [-0.25, -0.2) is 27.2 Å². The summed E-state index contributed by atoms with van der Waals surface area (Å²) < 4.78 is 64.3. The minimum absolute atomic E-state index is 0.125. The lowest BCUT2D eigenvalue weighted by Gasteiger charge is -2.08. The third-order valence-electron chi connectivity index (χ3n) is 4.81. The molecule has 0 atom stereocenters. The maximum absolute atomic E-state index is 13.7. The summed E-state index contributed by atoms with van der Waals surface area (Å²) in [7, 11) is 0. The highest BCUT2D eigenvalue weighted by Gasteiger charge is 2.18. The predicted octanol–water partition coefficient (Wildman–Crippen LogP) is 6.35. The zero-order valence-corrected chi connectivity index (χ0v) is 17.2. The topological polar surface area (TPSA) is 52.6 Å². The van der Waals surface area contributed by atoms with Gasteiger partial charge in [0.1, 0.15) is 11.5 Å². The van der Waals surface area contributed by atoms with Crippen molar-refractivity contribution in [2.24, 2.45) is 0 Å². The number of rotatable bonds is 5. The highest BCUT2D eigenvalue weighted by molar-refractivity contribution is 5.92. The van der Waals surface area contributed by atoms with Gasteiger partial charge in [0.15, 0.2) is 23.3 Å². The Balaban J connectivity index is 1.43. The van der Waals surface area contributed by atoms with Gasteiger partial charge in [0, 0.05) is 0 Å². The number of ether oxygens (including phenoxy) is 2. The Labute approximate surface area is 191 Å². The van der Waals surface area contributed by atoms with Crippen LogP contribution in [0, 0.1) is 23.3 Å². The van der Waals surface area contributed by atoms with Crippen LogP contribution in [-0.4, -0.2) is 11.9 Å². The second-order valence-electron chi connectivity index (χ2n) is 7.03. The third-order valence-corrected chi connectivity index (χ3v) is 4.81. The molecule has 0 saturated carbocycles. The van der Waals surface area contributed by atoms with Crippen molar-refractivity contribution in [2.75, 3.05) is 0 Å². The first kappa shape index (κ1) is 22.7. The zero-order chi connectivity index (χ0) is 24.2. The summed E-state index contributed by atoms with van der Waals surface area (Å²) in [5, 5.41) is 0. The van der Waals surface area contributed by atoms with E-state index in [9.17, 15) is 27.2 Å². The van der Waals surface area contributed by atoms with E-state index in [0.29, 0.717) is 11.1 Å². The summed E-state index contributed by atoms with van der Waals surface area (Å²) in [5.74, 6) is -6.70. The minimum atomic E-state index is -1.29. The van der Waals surface area contributed by atoms with Crippen LogP contribution < -0.4 is 9.47 Å². The minimum Gasteiger partial charge on any atom is -0.423 e. The highest BCUT2D eigenvalue weighted by atomic mass is 19.2. The van der Waals surface area contributed by atoms with Crippen LogP contribution in [0.1, 0.15) is 20.7 Å². The van der Waals surface area contributed by atoms with Crippen molar-refractivity contribution in [1.82, 2.24) is 0 Å². The molecule has 0 spiro atoms. The Morgan fingerprint density at radius 3 is 1.21 bits per heavy atom. The van der Waals surface area contributed by atoms with Crippen molar-refractivity contribution < 1.29 is 36.6 Å². The van der Waals surface area contributed by atoms with Gasteiger partial charge < -0.3 is 9.47 Å². The molecule has 0 aliphatic carbocycles. The van der Waals surface area contributed by atoms with Gasteiger partial charge in [-0.05, 0) is 59.7 Å². The molecule has 0 amide bonds. The van der Waals surface area contributed by atoms with Crippen molar-refractivity contribution in [1.29, 1.82) is 0 Å². The average Bonchev–Trinajstić information content (AvgIpc) is 2.83. The van der Waals surface area contributed by atoms with Crippen LogP contribution in [0.4, 0.5) is 17.6 Å². The average molecular weight is 466 g/mol. The van der Waals surface area contributed by atoms with Gasteiger partial charge in [-0.1, -0.05) is 36.4 Å². The van der Waals surface area contributed by atoms with Crippen LogP contribution in [-0.2, 0) is 0 Å².